The van der Waals surface area contributed by atoms with E-state index in [1.165, 1.54) is 54.4 Å². The highest BCUT2D eigenvalue weighted by atomic mass is 15.0. The molecule has 0 saturated heterocycles. The van der Waals surface area contributed by atoms with E-state index in [2.05, 4.69) is 173 Å². The number of aromatic nitrogens is 4. The normalized spacial score (nSPS) is 12.0. The summed E-state index contributed by atoms with van der Waals surface area (Å²) in [6.07, 6.45) is 1.93. The fraction of sp³-hybridized carbons (Fsp3) is 0. The highest BCUT2D eigenvalue weighted by Crippen LogP contribution is 2.40. The second-order valence-electron chi connectivity index (χ2n) is 13.0. The molecule has 8 aromatic carbocycles. The zero-order valence-corrected chi connectivity index (χ0v) is 27.0. The molecule has 0 atom stereocenters. The van der Waals surface area contributed by atoms with E-state index in [1.807, 2.05) is 6.20 Å². The number of hydrogen-bond acceptors (Lipinski definition) is 2. The molecule has 4 nitrogen and oxygen atoms in total. The Hall–Kier alpha value is -6.78. The number of nitrogens with zero attached hydrogens (tertiary/aromatic N) is 4. The minimum atomic E-state index is 0.855. The predicted octanol–water partition coefficient (Wildman–Crippen LogP) is 11.8. The fourth-order valence-electron chi connectivity index (χ4n) is 8.13. The van der Waals surface area contributed by atoms with Crippen LogP contribution < -0.4 is 0 Å². The molecule has 0 saturated carbocycles. The van der Waals surface area contributed by atoms with E-state index in [-0.39, 0.29) is 0 Å². The molecule has 0 amide bonds. The minimum Gasteiger partial charge on any atom is -0.309 e. The molecule has 0 unspecified atom stereocenters. The first-order valence-corrected chi connectivity index (χ1v) is 17.0. The quantitative estimate of drug-likeness (QED) is 0.181. The number of hydrogen-bond donors (Lipinski definition) is 0. The molecule has 0 bridgehead atoms. The summed E-state index contributed by atoms with van der Waals surface area (Å²) in [5, 5.41) is 9.56. The molecule has 50 heavy (non-hydrogen) atoms. The molecule has 11 aromatic rings. The molecular formula is C46H28N4. The Labute approximate surface area is 287 Å². The Morgan fingerprint density at radius 3 is 1.48 bits per heavy atom. The number of rotatable bonds is 3. The predicted molar refractivity (Wildman–Crippen MR) is 209 cm³/mol. The van der Waals surface area contributed by atoms with Crippen LogP contribution in [0.25, 0.3) is 98.8 Å². The zero-order chi connectivity index (χ0) is 32.8. The Kier molecular flexibility index (Phi) is 5.63. The average Bonchev–Trinajstić information content (AvgIpc) is 3.69. The number of fused-ring (bicyclic) bond motifs is 12. The second kappa shape index (κ2) is 10.4. The standard InChI is InChI=1S/C46H28N4/c1-2-14-30(15-3-1)49-41-23-10-8-19-34(41)38-27-44-39(26-43(38)49)35-20-9-11-24-42(35)50(44)31-16-12-13-29(25-31)40-28-47-45-36-21-6-4-17-32(36)33-18-5-7-22-37(33)46(45)48-40/h1-28H. The molecule has 0 N–H and O–H groups in total. The van der Waals surface area contributed by atoms with Crippen molar-refractivity contribution in [2.24, 2.45) is 0 Å². The first kappa shape index (κ1) is 27.2. The van der Waals surface area contributed by atoms with Crippen molar-refractivity contribution in [3.8, 4) is 22.6 Å². The van der Waals surface area contributed by atoms with Crippen molar-refractivity contribution >= 4 is 76.2 Å². The first-order chi connectivity index (χ1) is 24.8. The lowest BCUT2D eigenvalue weighted by atomic mass is 9.99. The highest BCUT2D eigenvalue weighted by Gasteiger charge is 2.19. The molecule has 0 fully saturated rings. The third-order valence-corrected chi connectivity index (χ3v) is 10.3. The van der Waals surface area contributed by atoms with Crippen LogP contribution in [0.5, 0.6) is 0 Å². The molecule has 4 heteroatoms. The van der Waals surface area contributed by atoms with Gasteiger partial charge in [0.05, 0.1) is 45.0 Å². The van der Waals surface area contributed by atoms with Crippen LogP contribution in [0.2, 0.25) is 0 Å². The molecule has 0 aliphatic heterocycles. The molecule has 0 radical (unpaired) electrons. The summed E-state index contributed by atoms with van der Waals surface area (Å²) < 4.78 is 4.79. The molecule has 0 spiro atoms. The molecule has 0 aliphatic rings. The maximum absolute atomic E-state index is 5.30. The lowest BCUT2D eigenvalue weighted by Crippen LogP contribution is -1.96. The summed E-state index contributed by atoms with van der Waals surface area (Å²) >= 11 is 0. The zero-order valence-electron chi connectivity index (χ0n) is 27.0. The molecule has 232 valence electrons. The van der Waals surface area contributed by atoms with Gasteiger partial charge in [-0.05, 0) is 59.3 Å². The number of para-hydroxylation sites is 3. The van der Waals surface area contributed by atoms with Crippen molar-refractivity contribution in [2.45, 2.75) is 0 Å². The van der Waals surface area contributed by atoms with Crippen LogP contribution >= 0.6 is 0 Å². The SMILES string of the molecule is c1ccc(-n2c3ccccc3c3cc4c(cc32)c2ccccc2n4-c2cccc(-c3cnc4c5ccccc5c5ccccc5c4n3)c2)cc1. The summed E-state index contributed by atoms with van der Waals surface area (Å²) in [5.41, 5.74) is 10.7. The topological polar surface area (TPSA) is 35.6 Å². The van der Waals surface area contributed by atoms with Crippen LogP contribution in [-0.4, -0.2) is 19.1 Å². The lowest BCUT2D eigenvalue weighted by molar-refractivity contribution is 1.17. The Bertz CT molecular complexity index is 3110. The van der Waals surface area contributed by atoms with Gasteiger partial charge in [0.1, 0.15) is 0 Å². The first-order valence-electron chi connectivity index (χ1n) is 17.0. The van der Waals surface area contributed by atoms with E-state index in [0.717, 1.165) is 44.4 Å². The largest absolute Gasteiger partial charge is 0.309 e. The van der Waals surface area contributed by atoms with Crippen molar-refractivity contribution < 1.29 is 0 Å². The van der Waals surface area contributed by atoms with Gasteiger partial charge in [-0.2, -0.15) is 0 Å². The minimum absolute atomic E-state index is 0.855. The van der Waals surface area contributed by atoms with E-state index in [1.54, 1.807) is 0 Å². The van der Waals surface area contributed by atoms with Gasteiger partial charge in [-0.3, -0.25) is 4.98 Å². The summed E-state index contributed by atoms with van der Waals surface area (Å²) in [7, 11) is 0. The van der Waals surface area contributed by atoms with E-state index in [0.29, 0.717) is 0 Å². The van der Waals surface area contributed by atoms with Gasteiger partial charge in [0.2, 0.25) is 0 Å². The van der Waals surface area contributed by atoms with Gasteiger partial charge in [-0.15, -0.1) is 0 Å². The van der Waals surface area contributed by atoms with Gasteiger partial charge in [-0.25, -0.2) is 4.98 Å². The summed E-state index contributed by atoms with van der Waals surface area (Å²) in [4.78, 5) is 10.3. The average molecular weight is 637 g/mol. The maximum Gasteiger partial charge on any atom is 0.0979 e. The van der Waals surface area contributed by atoms with Gasteiger partial charge in [0.15, 0.2) is 0 Å². The van der Waals surface area contributed by atoms with Crippen LogP contribution in [0.3, 0.4) is 0 Å². The van der Waals surface area contributed by atoms with E-state index < -0.39 is 0 Å². The smallest absolute Gasteiger partial charge is 0.0979 e. The van der Waals surface area contributed by atoms with E-state index >= 15 is 0 Å². The number of benzene rings is 8. The molecule has 11 rings (SSSR count). The van der Waals surface area contributed by atoms with Crippen molar-refractivity contribution in [3.05, 3.63) is 170 Å². The maximum atomic E-state index is 5.30. The van der Waals surface area contributed by atoms with Crippen LogP contribution in [0.4, 0.5) is 0 Å². The van der Waals surface area contributed by atoms with Crippen molar-refractivity contribution in [1.29, 1.82) is 0 Å². The third-order valence-electron chi connectivity index (χ3n) is 10.3. The van der Waals surface area contributed by atoms with Gasteiger partial charge < -0.3 is 9.13 Å². The van der Waals surface area contributed by atoms with Gasteiger partial charge in [0, 0.05) is 49.3 Å². The molecule has 0 aliphatic carbocycles. The molecule has 3 heterocycles. The Balaban J connectivity index is 1.16. The monoisotopic (exact) mass is 636 g/mol. The van der Waals surface area contributed by atoms with Crippen LogP contribution in [0.1, 0.15) is 0 Å². The van der Waals surface area contributed by atoms with Crippen LogP contribution in [-0.2, 0) is 0 Å². The van der Waals surface area contributed by atoms with Crippen molar-refractivity contribution in [3.63, 3.8) is 0 Å². The van der Waals surface area contributed by atoms with Crippen LogP contribution in [0, 0.1) is 0 Å². The molecular weight excluding hydrogens is 609 g/mol. The third kappa shape index (κ3) is 3.81. The summed E-state index contributed by atoms with van der Waals surface area (Å²) in [5.74, 6) is 0. The lowest BCUT2D eigenvalue weighted by Gasteiger charge is -2.12. The van der Waals surface area contributed by atoms with Crippen molar-refractivity contribution in [1.82, 2.24) is 19.1 Å². The van der Waals surface area contributed by atoms with Gasteiger partial charge in [-0.1, -0.05) is 115 Å². The second-order valence-corrected chi connectivity index (χ2v) is 13.0. The van der Waals surface area contributed by atoms with Crippen LogP contribution in [0.15, 0.2) is 170 Å². The summed E-state index contributed by atoms with van der Waals surface area (Å²) in [6.45, 7) is 0. The van der Waals surface area contributed by atoms with Crippen molar-refractivity contribution in [2.75, 3.05) is 0 Å². The Morgan fingerprint density at radius 2 is 0.840 bits per heavy atom. The summed E-state index contributed by atoms with van der Waals surface area (Å²) in [6, 6.07) is 58.6. The highest BCUT2D eigenvalue weighted by molar-refractivity contribution is 6.23. The van der Waals surface area contributed by atoms with Gasteiger partial charge >= 0.3 is 0 Å². The molecule has 3 aromatic heterocycles. The fourth-order valence-corrected chi connectivity index (χ4v) is 8.13. The van der Waals surface area contributed by atoms with E-state index in [4.69, 9.17) is 9.97 Å². The Morgan fingerprint density at radius 1 is 0.340 bits per heavy atom. The van der Waals surface area contributed by atoms with Gasteiger partial charge in [0.25, 0.3) is 0 Å². The van der Waals surface area contributed by atoms with E-state index in [9.17, 15) is 0 Å².